The Bertz CT molecular complexity index is 2570. The second-order valence-electron chi connectivity index (χ2n) is 12.3. The molecule has 0 heterocycles. The van der Waals surface area contributed by atoms with Crippen molar-refractivity contribution in [2.75, 3.05) is 9.80 Å². The molecule has 0 aromatic heterocycles. The van der Waals surface area contributed by atoms with Crippen LogP contribution in [0.2, 0.25) is 0 Å². The smallest absolute Gasteiger partial charge is 0.0547 e. The van der Waals surface area contributed by atoms with E-state index in [0.29, 0.717) is 0 Å². The first-order valence-corrected chi connectivity index (χ1v) is 16.4. The summed E-state index contributed by atoms with van der Waals surface area (Å²) >= 11 is 0. The summed E-state index contributed by atoms with van der Waals surface area (Å²) in [5.41, 5.74) is 6.71. The summed E-state index contributed by atoms with van der Waals surface area (Å²) in [7, 11) is 0. The minimum atomic E-state index is 1.10. The second kappa shape index (κ2) is 11.8. The van der Waals surface area contributed by atoms with Crippen LogP contribution in [0.15, 0.2) is 194 Å². The normalized spacial score (nSPS) is 11.3. The molecule has 2 heteroatoms. The molecule has 0 aliphatic rings. The van der Waals surface area contributed by atoms with Gasteiger partial charge < -0.3 is 9.80 Å². The van der Waals surface area contributed by atoms with E-state index in [2.05, 4.69) is 204 Å². The van der Waals surface area contributed by atoms with Crippen LogP contribution in [0.3, 0.4) is 0 Å². The molecule has 0 aliphatic heterocycles. The van der Waals surface area contributed by atoms with Gasteiger partial charge >= 0.3 is 0 Å². The van der Waals surface area contributed by atoms with Gasteiger partial charge in [-0.05, 0) is 104 Å². The van der Waals surface area contributed by atoms with Gasteiger partial charge in [0.25, 0.3) is 0 Å². The number of para-hydroxylation sites is 2. The number of rotatable bonds is 6. The molecule has 48 heavy (non-hydrogen) atoms. The Morgan fingerprint density at radius 3 is 1.31 bits per heavy atom. The maximum atomic E-state index is 2.41. The molecule has 0 fully saturated rings. The Morgan fingerprint density at radius 2 is 0.688 bits per heavy atom. The lowest BCUT2D eigenvalue weighted by Gasteiger charge is -2.29. The van der Waals surface area contributed by atoms with Crippen molar-refractivity contribution in [2.45, 2.75) is 0 Å². The molecule has 0 saturated heterocycles. The molecule has 0 aliphatic carbocycles. The lowest BCUT2D eigenvalue weighted by molar-refractivity contribution is 1.29. The molecule has 9 aromatic carbocycles. The van der Waals surface area contributed by atoms with Gasteiger partial charge in [0.05, 0.1) is 5.69 Å². The van der Waals surface area contributed by atoms with E-state index in [0.717, 1.165) is 34.1 Å². The molecule has 0 unspecified atom stereocenters. The standard InChI is InChI=1S/C46H32N2/c1-3-18-38(19-4-1)47(40-25-23-33-13-7-9-15-35(33)29-40)42-27-28-44-43-22-12-11-17-37(43)31-46(45(44)32-42)48(39-20-5-2-6-21-39)41-26-24-34-14-8-10-16-36(34)30-41/h1-32H. The van der Waals surface area contributed by atoms with Gasteiger partial charge in [-0.1, -0.05) is 127 Å². The van der Waals surface area contributed by atoms with Crippen molar-refractivity contribution in [2.24, 2.45) is 0 Å². The molecule has 0 saturated carbocycles. The Morgan fingerprint density at radius 1 is 0.229 bits per heavy atom. The highest BCUT2D eigenvalue weighted by Crippen LogP contribution is 2.45. The number of fused-ring (bicyclic) bond motifs is 5. The zero-order valence-corrected chi connectivity index (χ0v) is 26.4. The van der Waals surface area contributed by atoms with Crippen LogP contribution in [0.4, 0.5) is 34.1 Å². The average molecular weight is 613 g/mol. The van der Waals surface area contributed by atoms with Crippen molar-refractivity contribution in [1.29, 1.82) is 0 Å². The van der Waals surface area contributed by atoms with Crippen LogP contribution in [0.5, 0.6) is 0 Å². The van der Waals surface area contributed by atoms with E-state index in [9.17, 15) is 0 Å². The van der Waals surface area contributed by atoms with Gasteiger partial charge in [0, 0.05) is 33.8 Å². The predicted octanol–water partition coefficient (Wildman–Crippen LogP) is 13.2. The fourth-order valence-electron chi connectivity index (χ4n) is 7.06. The third kappa shape index (κ3) is 4.92. The lowest BCUT2D eigenvalue weighted by atomic mass is 9.97. The molecule has 0 radical (unpaired) electrons. The number of anilines is 6. The summed E-state index contributed by atoms with van der Waals surface area (Å²) in [5.74, 6) is 0. The summed E-state index contributed by atoms with van der Waals surface area (Å²) in [5, 5.41) is 9.76. The van der Waals surface area contributed by atoms with E-state index >= 15 is 0 Å². The second-order valence-corrected chi connectivity index (χ2v) is 12.3. The van der Waals surface area contributed by atoms with Crippen LogP contribution in [0.1, 0.15) is 0 Å². The molecule has 0 spiro atoms. The summed E-state index contributed by atoms with van der Waals surface area (Å²) in [6, 6.07) is 70.1. The first-order chi connectivity index (χ1) is 23.8. The van der Waals surface area contributed by atoms with Crippen LogP contribution < -0.4 is 9.80 Å². The highest BCUT2D eigenvalue weighted by Gasteiger charge is 2.20. The monoisotopic (exact) mass is 612 g/mol. The first kappa shape index (κ1) is 27.9. The SMILES string of the molecule is c1ccc(N(c2ccc3ccccc3c2)c2ccc3c(c2)c(N(c2ccccc2)c2ccc4ccccc4c2)cc2ccccc23)cc1. The third-order valence-electron chi connectivity index (χ3n) is 9.33. The topological polar surface area (TPSA) is 6.48 Å². The molecule has 226 valence electrons. The largest absolute Gasteiger partial charge is 0.310 e. The van der Waals surface area contributed by atoms with E-state index in [1.807, 2.05) is 0 Å². The van der Waals surface area contributed by atoms with Gasteiger partial charge in [0.2, 0.25) is 0 Å². The van der Waals surface area contributed by atoms with Gasteiger partial charge in [0.15, 0.2) is 0 Å². The van der Waals surface area contributed by atoms with Crippen molar-refractivity contribution < 1.29 is 0 Å². The lowest BCUT2D eigenvalue weighted by Crippen LogP contribution is -2.12. The molecule has 9 aromatic rings. The van der Waals surface area contributed by atoms with E-state index in [1.165, 1.54) is 43.1 Å². The van der Waals surface area contributed by atoms with Crippen molar-refractivity contribution in [1.82, 2.24) is 0 Å². The summed E-state index contributed by atoms with van der Waals surface area (Å²) in [6.45, 7) is 0. The summed E-state index contributed by atoms with van der Waals surface area (Å²) < 4.78 is 0. The molecular weight excluding hydrogens is 581 g/mol. The molecule has 0 N–H and O–H groups in total. The number of benzene rings is 9. The number of hydrogen-bond donors (Lipinski definition) is 0. The zero-order chi connectivity index (χ0) is 31.9. The third-order valence-corrected chi connectivity index (χ3v) is 9.33. The number of nitrogens with zero attached hydrogens (tertiary/aromatic N) is 2. The van der Waals surface area contributed by atoms with Gasteiger partial charge in [-0.25, -0.2) is 0 Å². The van der Waals surface area contributed by atoms with Gasteiger partial charge in [0.1, 0.15) is 0 Å². The fourth-order valence-corrected chi connectivity index (χ4v) is 7.06. The van der Waals surface area contributed by atoms with E-state index in [4.69, 9.17) is 0 Å². The van der Waals surface area contributed by atoms with Crippen molar-refractivity contribution in [3.63, 3.8) is 0 Å². The maximum absolute atomic E-state index is 2.41. The van der Waals surface area contributed by atoms with Crippen LogP contribution >= 0.6 is 0 Å². The first-order valence-electron chi connectivity index (χ1n) is 16.4. The Kier molecular flexibility index (Phi) is 6.84. The maximum Gasteiger partial charge on any atom is 0.0547 e. The van der Waals surface area contributed by atoms with Crippen LogP contribution in [-0.4, -0.2) is 0 Å². The average Bonchev–Trinajstić information content (AvgIpc) is 3.16. The van der Waals surface area contributed by atoms with Gasteiger partial charge in [-0.2, -0.15) is 0 Å². The van der Waals surface area contributed by atoms with E-state index in [-0.39, 0.29) is 0 Å². The number of hydrogen-bond acceptors (Lipinski definition) is 2. The predicted molar refractivity (Wildman–Crippen MR) is 206 cm³/mol. The Balaban J connectivity index is 1.33. The van der Waals surface area contributed by atoms with Crippen LogP contribution in [0.25, 0.3) is 43.1 Å². The van der Waals surface area contributed by atoms with Crippen molar-refractivity contribution in [3.8, 4) is 0 Å². The van der Waals surface area contributed by atoms with Crippen LogP contribution in [0, 0.1) is 0 Å². The highest BCUT2D eigenvalue weighted by molar-refractivity contribution is 6.16. The van der Waals surface area contributed by atoms with E-state index in [1.54, 1.807) is 0 Å². The van der Waals surface area contributed by atoms with Gasteiger partial charge in [-0.3, -0.25) is 0 Å². The molecular formula is C46H32N2. The fraction of sp³-hybridized carbons (Fsp3) is 0. The molecule has 0 amide bonds. The van der Waals surface area contributed by atoms with Crippen molar-refractivity contribution >= 4 is 77.2 Å². The van der Waals surface area contributed by atoms with Crippen molar-refractivity contribution in [3.05, 3.63) is 194 Å². The summed E-state index contributed by atoms with van der Waals surface area (Å²) in [6.07, 6.45) is 0. The minimum absolute atomic E-state index is 1.10. The quantitative estimate of drug-likeness (QED) is 0.172. The van der Waals surface area contributed by atoms with E-state index < -0.39 is 0 Å². The zero-order valence-electron chi connectivity index (χ0n) is 26.4. The molecule has 9 rings (SSSR count). The molecule has 0 atom stereocenters. The van der Waals surface area contributed by atoms with Gasteiger partial charge in [-0.15, -0.1) is 0 Å². The van der Waals surface area contributed by atoms with Crippen LogP contribution in [-0.2, 0) is 0 Å². The summed E-state index contributed by atoms with van der Waals surface area (Å²) in [4.78, 5) is 4.78. The Hall–Kier alpha value is -6.38. The molecule has 0 bridgehead atoms. The Labute approximate surface area is 280 Å². The minimum Gasteiger partial charge on any atom is -0.310 e. The highest BCUT2D eigenvalue weighted by atomic mass is 15.2. The molecule has 2 nitrogen and oxygen atoms in total.